The van der Waals surface area contributed by atoms with Crippen molar-refractivity contribution in [1.82, 2.24) is 5.32 Å². The molecule has 0 bridgehead atoms. The zero-order valence-electron chi connectivity index (χ0n) is 15.2. The molecule has 3 rings (SSSR count). The molecule has 0 aromatic heterocycles. The summed E-state index contributed by atoms with van der Waals surface area (Å²) < 4.78 is 5.88. The standard InChI is InChI=1S/C20H24N2O4/c1-13-11-15-17(12-16(13)22(24)25)26-20(2,3)19(23)18(15)21-10-9-14-7-5-4-6-8-14/h4-8,11-12,18-19,21,23H,9-10H2,1-3H3/t18-,19+/m0/s1. The lowest BCUT2D eigenvalue weighted by Gasteiger charge is -2.42. The number of nitro benzene ring substituents is 1. The smallest absolute Gasteiger partial charge is 0.276 e. The summed E-state index contributed by atoms with van der Waals surface area (Å²) in [5, 5.41) is 25.4. The number of hydrogen-bond acceptors (Lipinski definition) is 5. The van der Waals surface area contributed by atoms with Crippen LogP contribution in [0.4, 0.5) is 5.69 Å². The van der Waals surface area contributed by atoms with Crippen molar-refractivity contribution in [2.24, 2.45) is 0 Å². The Hall–Kier alpha value is -2.44. The minimum Gasteiger partial charge on any atom is -0.484 e. The molecule has 26 heavy (non-hydrogen) atoms. The molecule has 0 spiro atoms. The number of hydrogen-bond donors (Lipinski definition) is 2. The first-order valence-corrected chi connectivity index (χ1v) is 8.73. The third-order valence-electron chi connectivity index (χ3n) is 4.88. The van der Waals surface area contributed by atoms with E-state index < -0.39 is 16.6 Å². The van der Waals surface area contributed by atoms with Crippen LogP contribution in [0.15, 0.2) is 42.5 Å². The molecule has 0 saturated carbocycles. The van der Waals surface area contributed by atoms with Crippen molar-refractivity contribution in [1.29, 1.82) is 0 Å². The van der Waals surface area contributed by atoms with Crippen LogP contribution in [0.2, 0.25) is 0 Å². The topological polar surface area (TPSA) is 84.6 Å². The van der Waals surface area contributed by atoms with E-state index in [9.17, 15) is 15.2 Å². The Labute approximate surface area is 153 Å². The van der Waals surface area contributed by atoms with Gasteiger partial charge in [0.15, 0.2) is 0 Å². The van der Waals surface area contributed by atoms with Crippen LogP contribution in [0.1, 0.15) is 36.6 Å². The molecule has 0 radical (unpaired) electrons. The van der Waals surface area contributed by atoms with Crippen LogP contribution in [0.3, 0.4) is 0 Å². The molecule has 1 aliphatic rings. The number of rotatable bonds is 5. The fourth-order valence-electron chi connectivity index (χ4n) is 3.38. The van der Waals surface area contributed by atoms with Crippen LogP contribution >= 0.6 is 0 Å². The van der Waals surface area contributed by atoms with Gasteiger partial charge in [0.1, 0.15) is 17.5 Å². The van der Waals surface area contributed by atoms with Crippen molar-refractivity contribution in [3.05, 3.63) is 69.3 Å². The summed E-state index contributed by atoms with van der Waals surface area (Å²) in [6, 6.07) is 13.0. The Balaban J connectivity index is 1.87. The van der Waals surface area contributed by atoms with E-state index in [2.05, 4.69) is 17.4 Å². The largest absolute Gasteiger partial charge is 0.484 e. The van der Waals surface area contributed by atoms with Crippen molar-refractivity contribution in [2.45, 2.75) is 44.9 Å². The number of aliphatic hydroxyl groups excluding tert-OH is 1. The number of fused-ring (bicyclic) bond motifs is 1. The zero-order valence-corrected chi connectivity index (χ0v) is 15.2. The molecule has 6 nitrogen and oxygen atoms in total. The van der Waals surface area contributed by atoms with Crippen molar-refractivity contribution in [3.8, 4) is 5.75 Å². The molecule has 138 valence electrons. The Morgan fingerprint density at radius 1 is 1.27 bits per heavy atom. The quantitative estimate of drug-likeness (QED) is 0.634. The van der Waals surface area contributed by atoms with Gasteiger partial charge in [-0.05, 0) is 45.4 Å². The molecule has 0 saturated heterocycles. The number of aryl methyl sites for hydroxylation is 1. The average Bonchev–Trinajstić information content (AvgIpc) is 2.59. The lowest BCUT2D eigenvalue weighted by molar-refractivity contribution is -0.385. The summed E-state index contributed by atoms with van der Waals surface area (Å²) in [5.41, 5.74) is 1.70. The molecule has 6 heteroatoms. The maximum absolute atomic E-state index is 11.2. The van der Waals surface area contributed by atoms with Gasteiger partial charge in [0.05, 0.1) is 17.0 Å². The van der Waals surface area contributed by atoms with E-state index in [-0.39, 0.29) is 11.7 Å². The highest BCUT2D eigenvalue weighted by Crippen LogP contribution is 2.42. The minimum atomic E-state index is -0.847. The number of nitrogens with zero attached hydrogens (tertiary/aromatic N) is 1. The van der Waals surface area contributed by atoms with E-state index in [0.29, 0.717) is 17.9 Å². The zero-order chi connectivity index (χ0) is 18.9. The summed E-state index contributed by atoms with van der Waals surface area (Å²) in [5.74, 6) is 0.454. The van der Waals surface area contributed by atoms with Crippen LogP contribution in [0.5, 0.6) is 5.75 Å². The van der Waals surface area contributed by atoms with Gasteiger partial charge in [-0.2, -0.15) is 0 Å². The van der Waals surface area contributed by atoms with E-state index in [4.69, 9.17) is 4.74 Å². The van der Waals surface area contributed by atoms with Gasteiger partial charge in [0.2, 0.25) is 0 Å². The molecular formula is C20H24N2O4. The van der Waals surface area contributed by atoms with Gasteiger partial charge >= 0.3 is 0 Å². The Bertz CT molecular complexity index is 805. The molecular weight excluding hydrogens is 332 g/mol. The van der Waals surface area contributed by atoms with Gasteiger partial charge in [0, 0.05) is 11.1 Å². The maximum atomic E-state index is 11.2. The van der Waals surface area contributed by atoms with Crippen LogP contribution in [-0.2, 0) is 6.42 Å². The molecule has 0 fully saturated rings. The van der Waals surface area contributed by atoms with Crippen LogP contribution in [0, 0.1) is 17.0 Å². The molecule has 1 aliphatic heterocycles. The van der Waals surface area contributed by atoms with Crippen molar-refractivity contribution < 1.29 is 14.8 Å². The monoisotopic (exact) mass is 356 g/mol. The fourth-order valence-corrected chi connectivity index (χ4v) is 3.38. The normalized spacial score (nSPS) is 20.9. The highest BCUT2D eigenvalue weighted by Gasteiger charge is 2.43. The number of ether oxygens (including phenoxy) is 1. The summed E-state index contributed by atoms with van der Waals surface area (Å²) >= 11 is 0. The number of benzene rings is 2. The average molecular weight is 356 g/mol. The van der Waals surface area contributed by atoms with Gasteiger partial charge in [-0.15, -0.1) is 0 Å². The molecule has 0 amide bonds. The van der Waals surface area contributed by atoms with Gasteiger partial charge in [-0.25, -0.2) is 0 Å². The number of nitro groups is 1. The first-order valence-electron chi connectivity index (χ1n) is 8.73. The fraction of sp³-hybridized carbons (Fsp3) is 0.400. The van der Waals surface area contributed by atoms with Crippen molar-refractivity contribution in [2.75, 3.05) is 6.54 Å². The predicted molar refractivity (Wildman–Crippen MR) is 99.4 cm³/mol. The van der Waals surface area contributed by atoms with Gasteiger partial charge in [-0.1, -0.05) is 30.3 Å². The van der Waals surface area contributed by atoms with Crippen LogP contribution in [0.25, 0.3) is 0 Å². The second-order valence-electron chi connectivity index (χ2n) is 7.25. The molecule has 2 N–H and O–H groups in total. The summed E-state index contributed by atoms with van der Waals surface area (Å²) in [6.45, 7) is 5.96. The maximum Gasteiger partial charge on any atom is 0.276 e. The van der Waals surface area contributed by atoms with Crippen LogP contribution < -0.4 is 10.1 Å². The summed E-state index contributed by atoms with van der Waals surface area (Å²) in [4.78, 5) is 10.8. The lowest BCUT2D eigenvalue weighted by Crippen LogP contribution is -2.52. The van der Waals surface area contributed by atoms with E-state index in [1.807, 2.05) is 18.2 Å². The molecule has 0 unspecified atom stereocenters. The summed E-state index contributed by atoms with van der Waals surface area (Å²) in [7, 11) is 0. The highest BCUT2D eigenvalue weighted by atomic mass is 16.6. The third-order valence-corrected chi connectivity index (χ3v) is 4.88. The predicted octanol–water partition coefficient (Wildman–Crippen LogP) is 3.31. The Morgan fingerprint density at radius 2 is 1.96 bits per heavy atom. The molecule has 0 aliphatic carbocycles. The van der Waals surface area contributed by atoms with E-state index >= 15 is 0 Å². The second kappa shape index (κ2) is 7.05. The minimum absolute atomic E-state index is 0.0268. The number of nitrogens with one attached hydrogen (secondary N) is 1. The van der Waals surface area contributed by atoms with E-state index in [1.165, 1.54) is 11.6 Å². The molecule has 2 aromatic rings. The Kier molecular flexibility index (Phi) is 4.98. The lowest BCUT2D eigenvalue weighted by atomic mass is 9.85. The summed E-state index contributed by atoms with van der Waals surface area (Å²) in [6.07, 6.45) is 0.0544. The van der Waals surface area contributed by atoms with Gasteiger partial charge < -0.3 is 15.2 Å². The first kappa shape index (κ1) is 18.4. The first-order chi connectivity index (χ1) is 12.3. The third kappa shape index (κ3) is 3.57. The van der Waals surface area contributed by atoms with Crippen LogP contribution in [-0.4, -0.2) is 28.3 Å². The molecule has 2 aromatic carbocycles. The number of aliphatic hydroxyl groups is 1. The van der Waals surface area contributed by atoms with Gasteiger partial charge in [0.25, 0.3) is 5.69 Å². The second-order valence-corrected chi connectivity index (χ2v) is 7.25. The van der Waals surface area contributed by atoms with Crippen molar-refractivity contribution >= 4 is 5.69 Å². The molecule has 2 atom stereocenters. The molecule has 1 heterocycles. The van der Waals surface area contributed by atoms with Crippen molar-refractivity contribution in [3.63, 3.8) is 0 Å². The van der Waals surface area contributed by atoms with E-state index in [0.717, 1.165) is 12.0 Å². The Morgan fingerprint density at radius 3 is 2.62 bits per heavy atom. The van der Waals surface area contributed by atoms with E-state index in [1.54, 1.807) is 26.8 Å². The highest BCUT2D eigenvalue weighted by molar-refractivity contribution is 5.53. The van der Waals surface area contributed by atoms with Gasteiger partial charge in [-0.3, -0.25) is 10.1 Å². The SMILES string of the molecule is Cc1cc2c(cc1[N+](=O)[O-])OC(C)(C)[C@H](O)[C@H]2NCCc1ccccc1.